The summed E-state index contributed by atoms with van der Waals surface area (Å²) >= 11 is 0. The lowest BCUT2D eigenvalue weighted by Gasteiger charge is -2.18. The van der Waals surface area contributed by atoms with Crippen molar-refractivity contribution in [3.63, 3.8) is 0 Å². The van der Waals surface area contributed by atoms with Gasteiger partial charge >= 0.3 is 0 Å². The fourth-order valence-corrected chi connectivity index (χ4v) is 0.606. The highest BCUT2D eigenvalue weighted by Crippen LogP contribution is 2.00. The molecule has 0 fully saturated rings. The van der Waals surface area contributed by atoms with E-state index in [1.807, 2.05) is 20.0 Å². The molecule has 1 atom stereocenters. The van der Waals surface area contributed by atoms with Crippen molar-refractivity contribution in [2.75, 3.05) is 6.61 Å². The van der Waals surface area contributed by atoms with Crippen LogP contribution in [0.4, 0.5) is 0 Å². The monoisotopic (exact) mass is 113 g/mol. The Morgan fingerprint density at radius 1 is 1.88 bits per heavy atom. The summed E-state index contributed by atoms with van der Waals surface area (Å²) in [7, 11) is 0. The molecule has 2 nitrogen and oxygen atoms in total. The first-order valence-corrected chi connectivity index (χ1v) is 2.82. The molecule has 0 aliphatic carbocycles. The van der Waals surface area contributed by atoms with Gasteiger partial charge in [0.25, 0.3) is 0 Å². The summed E-state index contributed by atoms with van der Waals surface area (Å²) in [6.07, 6.45) is 2.19. The van der Waals surface area contributed by atoms with Crippen molar-refractivity contribution in [3.8, 4) is 0 Å². The van der Waals surface area contributed by atoms with Gasteiger partial charge in [-0.2, -0.15) is 0 Å². The topological polar surface area (TPSA) is 21.3 Å². The number of hydrogen-bond acceptors (Lipinski definition) is 2. The molecule has 0 spiro atoms. The standard InChI is InChI=1S/C6H11NO/c1-5-3-7-6(2)8-4-5/h3,6-7H,4H2,1-2H3/t6-/m1/s1. The Hall–Kier alpha value is -0.500. The fraction of sp³-hybridized carbons (Fsp3) is 0.667. The van der Waals surface area contributed by atoms with E-state index in [0.717, 1.165) is 6.61 Å². The summed E-state index contributed by atoms with van der Waals surface area (Å²) in [6.45, 7) is 4.80. The van der Waals surface area contributed by atoms with Gasteiger partial charge in [-0.25, -0.2) is 0 Å². The molecule has 0 radical (unpaired) electrons. The van der Waals surface area contributed by atoms with Crippen molar-refractivity contribution >= 4 is 0 Å². The molecule has 0 amide bonds. The Morgan fingerprint density at radius 2 is 2.62 bits per heavy atom. The van der Waals surface area contributed by atoms with Gasteiger partial charge in [0, 0.05) is 0 Å². The highest BCUT2D eigenvalue weighted by molar-refractivity contribution is 4.99. The molecular formula is C6H11NO. The van der Waals surface area contributed by atoms with E-state index in [-0.39, 0.29) is 6.23 Å². The van der Waals surface area contributed by atoms with Gasteiger partial charge < -0.3 is 10.1 Å². The zero-order valence-corrected chi connectivity index (χ0v) is 5.27. The maximum absolute atomic E-state index is 5.21. The van der Waals surface area contributed by atoms with Crippen LogP contribution in [-0.2, 0) is 4.74 Å². The van der Waals surface area contributed by atoms with Gasteiger partial charge in [-0.3, -0.25) is 0 Å². The van der Waals surface area contributed by atoms with Crippen LogP contribution < -0.4 is 5.32 Å². The molecule has 8 heavy (non-hydrogen) atoms. The molecule has 1 aliphatic rings. The average molecular weight is 113 g/mol. The van der Waals surface area contributed by atoms with Crippen molar-refractivity contribution in [1.29, 1.82) is 0 Å². The molecule has 0 saturated carbocycles. The predicted octanol–water partition coefficient (Wildman–Crippen LogP) is 0.856. The van der Waals surface area contributed by atoms with Gasteiger partial charge in [0.1, 0.15) is 6.23 Å². The second-order valence-corrected chi connectivity index (χ2v) is 2.11. The minimum absolute atomic E-state index is 0.193. The third-order valence-electron chi connectivity index (χ3n) is 1.13. The van der Waals surface area contributed by atoms with Crippen LogP contribution in [0.15, 0.2) is 11.8 Å². The minimum Gasteiger partial charge on any atom is -0.366 e. The van der Waals surface area contributed by atoms with Crippen LogP contribution >= 0.6 is 0 Å². The molecule has 2 heteroatoms. The summed E-state index contributed by atoms with van der Waals surface area (Å²) in [5.74, 6) is 0. The Labute approximate surface area is 49.5 Å². The van der Waals surface area contributed by atoms with Gasteiger partial charge in [0.05, 0.1) is 6.61 Å². The average Bonchev–Trinajstić information content (AvgIpc) is 1.77. The minimum atomic E-state index is 0.193. The SMILES string of the molecule is CC1=CN[C@@H](C)OC1. The van der Waals surface area contributed by atoms with E-state index in [1.54, 1.807) is 0 Å². The Kier molecular flexibility index (Phi) is 1.53. The van der Waals surface area contributed by atoms with Crippen molar-refractivity contribution in [2.45, 2.75) is 20.1 Å². The van der Waals surface area contributed by atoms with Crippen molar-refractivity contribution in [2.24, 2.45) is 0 Å². The van der Waals surface area contributed by atoms with Crippen molar-refractivity contribution < 1.29 is 4.74 Å². The first-order valence-electron chi connectivity index (χ1n) is 2.82. The van der Waals surface area contributed by atoms with Gasteiger partial charge in [-0.05, 0) is 25.6 Å². The molecular weight excluding hydrogens is 102 g/mol. The van der Waals surface area contributed by atoms with E-state index >= 15 is 0 Å². The van der Waals surface area contributed by atoms with Crippen LogP contribution in [0.2, 0.25) is 0 Å². The molecule has 0 saturated heterocycles. The summed E-state index contributed by atoms with van der Waals surface area (Å²) in [4.78, 5) is 0. The van der Waals surface area contributed by atoms with E-state index in [1.165, 1.54) is 5.57 Å². The largest absolute Gasteiger partial charge is 0.366 e. The number of hydrogen-bond donors (Lipinski definition) is 1. The second-order valence-electron chi connectivity index (χ2n) is 2.11. The van der Waals surface area contributed by atoms with Gasteiger partial charge in [0.15, 0.2) is 0 Å². The summed E-state index contributed by atoms with van der Waals surface area (Å²) in [5, 5.41) is 3.05. The quantitative estimate of drug-likeness (QED) is 0.503. The van der Waals surface area contributed by atoms with Gasteiger partial charge in [-0.1, -0.05) is 0 Å². The Balaban J connectivity index is 2.42. The van der Waals surface area contributed by atoms with E-state index in [4.69, 9.17) is 4.74 Å². The molecule has 0 aromatic carbocycles. The lowest BCUT2D eigenvalue weighted by molar-refractivity contribution is 0.0573. The van der Waals surface area contributed by atoms with E-state index in [2.05, 4.69) is 5.32 Å². The third kappa shape index (κ3) is 1.23. The van der Waals surface area contributed by atoms with Crippen molar-refractivity contribution in [1.82, 2.24) is 5.32 Å². The molecule has 1 aliphatic heterocycles. The van der Waals surface area contributed by atoms with Gasteiger partial charge in [0.2, 0.25) is 0 Å². The highest BCUT2D eigenvalue weighted by Gasteiger charge is 2.03. The second kappa shape index (κ2) is 2.18. The third-order valence-corrected chi connectivity index (χ3v) is 1.13. The maximum Gasteiger partial charge on any atom is 0.124 e. The summed E-state index contributed by atoms with van der Waals surface area (Å²) < 4.78 is 5.21. The van der Waals surface area contributed by atoms with Crippen LogP contribution in [0.1, 0.15) is 13.8 Å². The molecule has 0 unspecified atom stereocenters. The predicted molar refractivity (Wildman–Crippen MR) is 32.3 cm³/mol. The molecule has 1 N–H and O–H groups in total. The van der Waals surface area contributed by atoms with Crippen LogP contribution in [-0.4, -0.2) is 12.8 Å². The van der Waals surface area contributed by atoms with Crippen LogP contribution in [0.3, 0.4) is 0 Å². The highest BCUT2D eigenvalue weighted by atomic mass is 16.5. The molecule has 1 rings (SSSR count). The zero-order chi connectivity index (χ0) is 5.98. The fourth-order valence-electron chi connectivity index (χ4n) is 0.606. The first kappa shape index (κ1) is 5.63. The lowest BCUT2D eigenvalue weighted by atomic mass is 10.3. The molecule has 0 aromatic rings. The van der Waals surface area contributed by atoms with Crippen LogP contribution in [0.25, 0.3) is 0 Å². The number of rotatable bonds is 0. The van der Waals surface area contributed by atoms with Crippen LogP contribution in [0, 0.1) is 0 Å². The molecule has 46 valence electrons. The summed E-state index contributed by atoms with van der Waals surface area (Å²) in [6, 6.07) is 0. The normalized spacial score (nSPS) is 28.8. The van der Waals surface area contributed by atoms with E-state index in [9.17, 15) is 0 Å². The molecule has 1 heterocycles. The number of ether oxygens (including phenoxy) is 1. The zero-order valence-electron chi connectivity index (χ0n) is 5.27. The van der Waals surface area contributed by atoms with E-state index in [0.29, 0.717) is 0 Å². The maximum atomic E-state index is 5.21. The number of nitrogens with one attached hydrogen (secondary N) is 1. The Morgan fingerprint density at radius 3 is 3.00 bits per heavy atom. The molecule has 0 aromatic heterocycles. The van der Waals surface area contributed by atoms with E-state index < -0.39 is 0 Å². The Bertz CT molecular complexity index is 109. The van der Waals surface area contributed by atoms with Crippen LogP contribution in [0.5, 0.6) is 0 Å². The first-order chi connectivity index (χ1) is 3.79. The smallest absolute Gasteiger partial charge is 0.124 e. The molecule has 0 bridgehead atoms. The van der Waals surface area contributed by atoms with Crippen molar-refractivity contribution in [3.05, 3.63) is 11.8 Å². The summed E-state index contributed by atoms with van der Waals surface area (Å²) in [5.41, 5.74) is 1.25. The van der Waals surface area contributed by atoms with Gasteiger partial charge in [-0.15, -0.1) is 0 Å². The lowest BCUT2D eigenvalue weighted by Crippen LogP contribution is -2.29.